The van der Waals surface area contributed by atoms with E-state index in [1.165, 1.54) is 24.3 Å². The molecule has 0 radical (unpaired) electrons. The number of halogens is 1. The number of fused-ring (bicyclic) bond motifs is 4. The van der Waals surface area contributed by atoms with Gasteiger partial charge in [0.1, 0.15) is 11.6 Å². The highest BCUT2D eigenvalue weighted by Crippen LogP contribution is 2.49. The lowest BCUT2D eigenvalue weighted by Gasteiger charge is -2.56. The maximum absolute atomic E-state index is 13.3. The Hall–Kier alpha value is -2.74. The molecule has 2 aliphatic heterocycles. The molecule has 4 rings (SSSR count). The number of anilines is 1. The Bertz CT molecular complexity index is 920. The molecule has 2 aromatic rings. The first-order chi connectivity index (χ1) is 12.3. The van der Waals surface area contributed by atoms with Gasteiger partial charge in [-0.3, -0.25) is 15.0 Å². The van der Waals surface area contributed by atoms with Gasteiger partial charge in [-0.1, -0.05) is 6.92 Å². The van der Waals surface area contributed by atoms with E-state index in [1.807, 2.05) is 18.7 Å². The molecule has 0 aromatic heterocycles. The van der Waals surface area contributed by atoms with Crippen LogP contribution in [0.5, 0.6) is 5.75 Å². The van der Waals surface area contributed by atoms with Crippen LogP contribution in [0.15, 0.2) is 42.5 Å². The second kappa shape index (κ2) is 5.63. The van der Waals surface area contributed by atoms with E-state index in [2.05, 4.69) is 5.32 Å². The van der Waals surface area contributed by atoms with Gasteiger partial charge in [0.05, 0.1) is 11.0 Å². The quantitative estimate of drug-likeness (QED) is 0.489. The summed E-state index contributed by atoms with van der Waals surface area (Å²) < 4.78 is 19.6. The zero-order chi connectivity index (χ0) is 18.6. The van der Waals surface area contributed by atoms with Crippen molar-refractivity contribution >= 4 is 28.7 Å². The van der Waals surface area contributed by atoms with Crippen molar-refractivity contribution < 1.29 is 14.1 Å². The zero-order valence-electron chi connectivity index (χ0n) is 14.1. The van der Waals surface area contributed by atoms with Crippen LogP contribution in [0.2, 0.25) is 0 Å². The van der Waals surface area contributed by atoms with Gasteiger partial charge in [-0.25, -0.2) is 4.39 Å². The topological polar surface area (TPSA) is 67.6 Å². The van der Waals surface area contributed by atoms with Crippen molar-refractivity contribution in [3.05, 3.63) is 64.0 Å². The lowest BCUT2D eigenvalue weighted by molar-refractivity contribution is -0.385. The van der Waals surface area contributed by atoms with Gasteiger partial charge in [-0.15, -0.1) is 0 Å². The largest absolute Gasteiger partial charge is 0.467 e. The molecule has 6 nitrogen and oxygen atoms in total. The van der Waals surface area contributed by atoms with E-state index in [-0.39, 0.29) is 23.5 Å². The lowest BCUT2D eigenvalue weighted by atomic mass is 9.80. The predicted molar refractivity (Wildman–Crippen MR) is 98.6 cm³/mol. The average Bonchev–Trinajstić information content (AvgIpc) is 2.59. The van der Waals surface area contributed by atoms with Gasteiger partial charge in [0.2, 0.25) is 0 Å². The average molecular weight is 373 g/mol. The summed E-state index contributed by atoms with van der Waals surface area (Å²) in [7, 11) is 0. The summed E-state index contributed by atoms with van der Waals surface area (Å²) in [4.78, 5) is 12.5. The van der Waals surface area contributed by atoms with Crippen LogP contribution in [0.25, 0.3) is 0 Å². The van der Waals surface area contributed by atoms with Crippen LogP contribution in [0.1, 0.15) is 25.5 Å². The third kappa shape index (κ3) is 2.33. The van der Waals surface area contributed by atoms with E-state index in [9.17, 15) is 14.5 Å². The molecule has 0 aliphatic carbocycles. The van der Waals surface area contributed by atoms with Gasteiger partial charge in [-0.05, 0) is 49.5 Å². The summed E-state index contributed by atoms with van der Waals surface area (Å²) in [6, 6.07) is 10.4. The summed E-state index contributed by atoms with van der Waals surface area (Å²) in [6.45, 7) is 3.92. The van der Waals surface area contributed by atoms with Gasteiger partial charge in [0.15, 0.2) is 10.8 Å². The molecule has 134 valence electrons. The lowest BCUT2D eigenvalue weighted by Crippen LogP contribution is -2.69. The molecule has 0 saturated carbocycles. The Morgan fingerprint density at radius 1 is 1.31 bits per heavy atom. The van der Waals surface area contributed by atoms with Crippen molar-refractivity contribution in [1.29, 1.82) is 0 Å². The molecule has 1 N–H and O–H groups in total. The summed E-state index contributed by atoms with van der Waals surface area (Å²) in [5.74, 6) is 0.167. The first-order valence-corrected chi connectivity index (χ1v) is 8.56. The highest BCUT2D eigenvalue weighted by Gasteiger charge is 2.54. The van der Waals surface area contributed by atoms with E-state index in [0.29, 0.717) is 22.1 Å². The Morgan fingerprint density at radius 3 is 2.65 bits per heavy atom. The number of hydrogen-bond donors (Lipinski definition) is 1. The van der Waals surface area contributed by atoms with Gasteiger partial charge in [0.25, 0.3) is 5.69 Å². The maximum Gasteiger partial charge on any atom is 0.270 e. The second-order valence-corrected chi connectivity index (χ2v) is 7.05. The molecule has 1 saturated heterocycles. The Morgan fingerprint density at radius 2 is 2.00 bits per heavy atom. The van der Waals surface area contributed by atoms with Crippen molar-refractivity contribution in [2.24, 2.45) is 5.92 Å². The number of nitrogens with one attached hydrogen (secondary N) is 1. The first-order valence-electron chi connectivity index (χ1n) is 8.15. The Balaban J connectivity index is 1.82. The number of benzene rings is 2. The summed E-state index contributed by atoms with van der Waals surface area (Å²) in [6.07, 6.45) is 0. The Kier molecular flexibility index (Phi) is 3.62. The number of thiocarbonyl (C=S) groups is 1. The maximum atomic E-state index is 13.3. The van der Waals surface area contributed by atoms with Crippen molar-refractivity contribution in [3.8, 4) is 5.75 Å². The summed E-state index contributed by atoms with van der Waals surface area (Å²) >= 11 is 5.54. The van der Waals surface area contributed by atoms with Gasteiger partial charge in [0, 0.05) is 29.3 Å². The van der Waals surface area contributed by atoms with Crippen LogP contribution in [-0.4, -0.2) is 15.8 Å². The van der Waals surface area contributed by atoms with Gasteiger partial charge < -0.3 is 10.1 Å². The third-order valence-corrected chi connectivity index (χ3v) is 5.51. The molecular formula is C18H16FN3O3S. The number of non-ortho nitro benzene ring substituents is 1. The second-order valence-electron chi connectivity index (χ2n) is 6.66. The number of nitro groups is 1. The minimum absolute atomic E-state index is 0.0110. The number of nitro benzene ring substituents is 1. The number of ether oxygens (including phenoxy) is 1. The summed E-state index contributed by atoms with van der Waals surface area (Å²) in [5.41, 5.74) is 0.623. The van der Waals surface area contributed by atoms with Crippen LogP contribution in [0, 0.1) is 21.8 Å². The molecule has 2 bridgehead atoms. The molecule has 1 fully saturated rings. The van der Waals surface area contributed by atoms with E-state index in [4.69, 9.17) is 17.0 Å². The molecule has 2 aliphatic rings. The first kappa shape index (κ1) is 16.7. The molecule has 2 aromatic carbocycles. The van der Waals surface area contributed by atoms with Crippen molar-refractivity contribution in [3.63, 3.8) is 0 Å². The zero-order valence-corrected chi connectivity index (χ0v) is 14.9. The van der Waals surface area contributed by atoms with Crippen molar-refractivity contribution in [1.82, 2.24) is 5.32 Å². The van der Waals surface area contributed by atoms with Gasteiger partial charge >= 0.3 is 0 Å². The smallest absolute Gasteiger partial charge is 0.270 e. The fourth-order valence-electron chi connectivity index (χ4n) is 3.69. The van der Waals surface area contributed by atoms with Crippen LogP contribution >= 0.6 is 12.2 Å². The summed E-state index contributed by atoms with van der Waals surface area (Å²) in [5, 5.41) is 14.8. The van der Waals surface area contributed by atoms with E-state index < -0.39 is 10.6 Å². The fourth-order valence-corrected chi connectivity index (χ4v) is 4.11. The van der Waals surface area contributed by atoms with E-state index >= 15 is 0 Å². The van der Waals surface area contributed by atoms with Crippen LogP contribution in [0.4, 0.5) is 15.8 Å². The number of nitrogens with zero attached hydrogens (tertiary/aromatic N) is 2. The molecule has 8 heteroatoms. The molecule has 0 spiro atoms. The van der Waals surface area contributed by atoms with Crippen molar-refractivity contribution in [2.45, 2.75) is 25.6 Å². The number of hydrogen-bond acceptors (Lipinski definition) is 4. The monoisotopic (exact) mass is 373 g/mol. The molecule has 26 heavy (non-hydrogen) atoms. The molecular weight excluding hydrogens is 357 g/mol. The molecule has 2 heterocycles. The minimum atomic E-state index is -0.812. The SMILES string of the molecule is C[C@H]1[C@H]2NC(=S)N(c3ccc(F)cc3)[C@@]1(C)Oc1ccc([N+](=O)[O-])cc12. The van der Waals surface area contributed by atoms with Gasteiger partial charge in [-0.2, -0.15) is 0 Å². The molecule has 0 amide bonds. The van der Waals surface area contributed by atoms with Crippen LogP contribution < -0.4 is 15.0 Å². The highest BCUT2D eigenvalue weighted by atomic mass is 32.1. The van der Waals surface area contributed by atoms with E-state index in [0.717, 1.165) is 0 Å². The number of rotatable bonds is 2. The minimum Gasteiger partial charge on any atom is -0.467 e. The van der Waals surface area contributed by atoms with Crippen molar-refractivity contribution in [2.75, 3.05) is 4.90 Å². The Labute approximate surface area is 154 Å². The third-order valence-electron chi connectivity index (χ3n) is 5.21. The standard InChI is InChI=1S/C18H16FN3O3S/c1-10-16-14-9-13(22(23)24)7-8-15(14)25-18(10,2)21(17(26)20-16)12-5-3-11(19)4-6-12/h3-10,16H,1-2H3,(H,20,26)/t10-,16+,18-/m0/s1. The predicted octanol–water partition coefficient (Wildman–Crippen LogP) is 3.91. The molecule has 3 atom stereocenters. The molecule has 0 unspecified atom stereocenters. The van der Waals surface area contributed by atoms with Crippen LogP contribution in [0.3, 0.4) is 0 Å². The normalized spacial score (nSPS) is 26.6. The highest BCUT2D eigenvalue weighted by molar-refractivity contribution is 7.80. The fraction of sp³-hybridized carbons (Fsp3) is 0.278. The van der Waals surface area contributed by atoms with Crippen LogP contribution in [-0.2, 0) is 0 Å². The van der Waals surface area contributed by atoms with E-state index in [1.54, 1.807) is 18.2 Å².